The standard InChI is InChI=1S/C17H22FNO2/c1-21-15-5-6-17(15)7-9-19(10-8-17)16(20)12-13-3-2-4-14(18)11-13/h2-4,11,15H,5-10,12H2,1H3. The van der Waals surface area contributed by atoms with Crippen molar-refractivity contribution in [3.63, 3.8) is 0 Å². The molecule has 0 aromatic heterocycles. The molecule has 3 rings (SSSR count). The zero-order valence-electron chi connectivity index (χ0n) is 12.5. The number of carbonyl (C=O) groups is 1. The lowest BCUT2D eigenvalue weighted by atomic mass is 9.61. The summed E-state index contributed by atoms with van der Waals surface area (Å²) < 4.78 is 18.7. The Kier molecular flexibility index (Phi) is 3.98. The van der Waals surface area contributed by atoms with Crippen LogP contribution in [-0.4, -0.2) is 37.1 Å². The molecule has 1 saturated carbocycles. The van der Waals surface area contributed by atoms with Crippen molar-refractivity contribution in [3.8, 4) is 0 Å². The maximum Gasteiger partial charge on any atom is 0.226 e. The van der Waals surface area contributed by atoms with Crippen LogP contribution in [-0.2, 0) is 16.0 Å². The normalized spacial score (nSPS) is 23.9. The molecular formula is C17H22FNO2. The zero-order valence-corrected chi connectivity index (χ0v) is 12.5. The third-order valence-electron chi connectivity index (χ3n) is 5.23. The van der Waals surface area contributed by atoms with Crippen molar-refractivity contribution in [2.75, 3.05) is 20.2 Å². The smallest absolute Gasteiger partial charge is 0.226 e. The summed E-state index contributed by atoms with van der Waals surface area (Å²) in [6.07, 6.45) is 5.09. The summed E-state index contributed by atoms with van der Waals surface area (Å²) in [6, 6.07) is 6.30. The molecule has 1 heterocycles. The molecule has 1 aromatic rings. The molecule has 0 N–H and O–H groups in total. The summed E-state index contributed by atoms with van der Waals surface area (Å²) in [5.41, 5.74) is 1.06. The largest absolute Gasteiger partial charge is 0.381 e. The van der Waals surface area contributed by atoms with Crippen LogP contribution in [0.25, 0.3) is 0 Å². The summed E-state index contributed by atoms with van der Waals surface area (Å²) in [5.74, 6) is -0.181. The number of likely N-dealkylation sites (tertiary alicyclic amines) is 1. The topological polar surface area (TPSA) is 29.5 Å². The maximum atomic E-state index is 13.2. The van der Waals surface area contributed by atoms with E-state index in [2.05, 4.69) is 0 Å². The monoisotopic (exact) mass is 291 g/mol. The molecule has 2 fully saturated rings. The first-order valence-electron chi connectivity index (χ1n) is 7.68. The van der Waals surface area contributed by atoms with E-state index >= 15 is 0 Å². The van der Waals surface area contributed by atoms with Gasteiger partial charge in [0.25, 0.3) is 0 Å². The Bertz CT molecular complexity index is 521. The van der Waals surface area contributed by atoms with Gasteiger partial charge in [0, 0.05) is 25.6 Å². The Morgan fingerprint density at radius 1 is 1.38 bits per heavy atom. The van der Waals surface area contributed by atoms with Crippen LogP contribution < -0.4 is 0 Å². The van der Waals surface area contributed by atoms with E-state index in [1.807, 2.05) is 4.90 Å². The number of hydrogen-bond donors (Lipinski definition) is 0. The summed E-state index contributed by atoms with van der Waals surface area (Å²) >= 11 is 0. The van der Waals surface area contributed by atoms with Crippen molar-refractivity contribution in [1.29, 1.82) is 0 Å². The van der Waals surface area contributed by atoms with Crippen molar-refractivity contribution in [2.24, 2.45) is 5.41 Å². The Balaban J connectivity index is 1.56. The first-order valence-corrected chi connectivity index (χ1v) is 7.68. The summed E-state index contributed by atoms with van der Waals surface area (Å²) in [4.78, 5) is 14.2. The molecule has 1 unspecified atom stereocenters. The van der Waals surface area contributed by atoms with Crippen LogP contribution in [0.2, 0.25) is 0 Å². The molecule has 1 saturated heterocycles. The van der Waals surface area contributed by atoms with Gasteiger partial charge in [-0.1, -0.05) is 12.1 Å². The molecule has 21 heavy (non-hydrogen) atoms. The highest BCUT2D eigenvalue weighted by Gasteiger charge is 2.48. The number of methoxy groups -OCH3 is 1. The highest BCUT2D eigenvalue weighted by Crippen LogP contribution is 2.50. The predicted octanol–water partition coefficient (Wildman–Crippen LogP) is 2.79. The molecule has 2 aliphatic rings. The molecule has 1 aromatic carbocycles. The molecule has 0 bridgehead atoms. The van der Waals surface area contributed by atoms with Gasteiger partial charge in [0.05, 0.1) is 12.5 Å². The van der Waals surface area contributed by atoms with E-state index in [0.717, 1.165) is 37.9 Å². The van der Waals surface area contributed by atoms with Crippen LogP contribution in [0.1, 0.15) is 31.2 Å². The minimum atomic E-state index is -0.282. The van der Waals surface area contributed by atoms with Gasteiger partial charge in [-0.15, -0.1) is 0 Å². The first kappa shape index (κ1) is 14.5. The average molecular weight is 291 g/mol. The Hall–Kier alpha value is -1.42. The van der Waals surface area contributed by atoms with Gasteiger partial charge >= 0.3 is 0 Å². The van der Waals surface area contributed by atoms with Gasteiger partial charge in [-0.2, -0.15) is 0 Å². The molecule has 114 valence electrons. The highest BCUT2D eigenvalue weighted by molar-refractivity contribution is 5.78. The number of hydrogen-bond acceptors (Lipinski definition) is 2. The van der Waals surface area contributed by atoms with E-state index in [1.54, 1.807) is 19.2 Å². The van der Waals surface area contributed by atoms with Crippen LogP contribution in [0.4, 0.5) is 4.39 Å². The van der Waals surface area contributed by atoms with Crippen molar-refractivity contribution in [1.82, 2.24) is 4.90 Å². The van der Waals surface area contributed by atoms with E-state index in [1.165, 1.54) is 18.6 Å². The van der Waals surface area contributed by atoms with Gasteiger partial charge in [0.2, 0.25) is 5.91 Å². The predicted molar refractivity (Wildman–Crippen MR) is 78.4 cm³/mol. The molecular weight excluding hydrogens is 269 g/mol. The van der Waals surface area contributed by atoms with Gasteiger partial charge in [0.15, 0.2) is 0 Å². The first-order chi connectivity index (χ1) is 10.1. The summed E-state index contributed by atoms with van der Waals surface area (Å²) in [7, 11) is 1.78. The number of halogens is 1. The number of amides is 1. The molecule has 1 aliphatic carbocycles. The van der Waals surface area contributed by atoms with Crippen molar-refractivity contribution >= 4 is 5.91 Å². The van der Waals surface area contributed by atoms with Gasteiger partial charge < -0.3 is 9.64 Å². The molecule has 1 aliphatic heterocycles. The Morgan fingerprint density at radius 2 is 2.14 bits per heavy atom. The lowest BCUT2D eigenvalue weighted by Crippen LogP contribution is -2.54. The van der Waals surface area contributed by atoms with Crippen LogP contribution >= 0.6 is 0 Å². The molecule has 1 atom stereocenters. The van der Waals surface area contributed by atoms with E-state index in [4.69, 9.17) is 4.74 Å². The molecule has 0 radical (unpaired) electrons. The van der Waals surface area contributed by atoms with Gasteiger partial charge in [-0.25, -0.2) is 4.39 Å². The second-order valence-corrected chi connectivity index (χ2v) is 6.31. The van der Waals surface area contributed by atoms with E-state index < -0.39 is 0 Å². The second-order valence-electron chi connectivity index (χ2n) is 6.31. The number of carbonyl (C=O) groups excluding carboxylic acids is 1. The molecule has 4 heteroatoms. The molecule has 1 spiro atoms. The number of nitrogens with zero attached hydrogens (tertiary/aromatic N) is 1. The summed E-state index contributed by atoms with van der Waals surface area (Å²) in [5, 5.41) is 0. The highest BCUT2D eigenvalue weighted by atomic mass is 19.1. The average Bonchev–Trinajstić information content (AvgIpc) is 2.47. The SMILES string of the molecule is COC1CCC12CCN(C(=O)Cc1cccc(F)c1)CC2. The number of benzene rings is 1. The maximum absolute atomic E-state index is 13.2. The van der Waals surface area contributed by atoms with Gasteiger partial charge in [-0.3, -0.25) is 4.79 Å². The fraction of sp³-hybridized carbons (Fsp3) is 0.588. The minimum absolute atomic E-state index is 0.101. The Morgan fingerprint density at radius 3 is 2.71 bits per heavy atom. The van der Waals surface area contributed by atoms with Crippen LogP contribution in [0, 0.1) is 11.2 Å². The van der Waals surface area contributed by atoms with Crippen molar-refractivity contribution in [2.45, 2.75) is 38.2 Å². The Labute approximate surface area is 125 Å². The number of rotatable bonds is 3. The number of ether oxygens (including phenoxy) is 1. The van der Waals surface area contributed by atoms with E-state index in [-0.39, 0.29) is 11.7 Å². The van der Waals surface area contributed by atoms with E-state index in [9.17, 15) is 9.18 Å². The van der Waals surface area contributed by atoms with Crippen LogP contribution in [0.3, 0.4) is 0 Å². The summed E-state index contributed by atoms with van der Waals surface area (Å²) in [6.45, 7) is 1.60. The third-order valence-corrected chi connectivity index (χ3v) is 5.23. The van der Waals surface area contributed by atoms with Gasteiger partial charge in [-0.05, 0) is 43.4 Å². The minimum Gasteiger partial charge on any atom is -0.381 e. The van der Waals surface area contributed by atoms with Gasteiger partial charge in [0.1, 0.15) is 5.82 Å². The van der Waals surface area contributed by atoms with Crippen molar-refractivity contribution < 1.29 is 13.9 Å². The molecule has 1 amide bonds. The molecule has 3 nitrogen and oxygen atoms in total. The van der Waals surface area contributed by atoms with Crippen molar-refractivity contribution in [3.05, 3.63) is 35.6 Å². The van der Waals surface area contributed by atoms with Crippen LogP contribution in [0.5, 0.6) is 0 Å². The fourth-order valence-corrected chi connectivity index (χ4v) is 3.75. The lowest BCUT2D eigenvalue weighted by Gasteiger charge is -2.53. The van der Waals surface area contributed by atoms with Crippen LogP contribution in [0.15, 0.2) is 24.3 Å². The fourth-order valence-electron chi connectivity index (χ4n) is 3.75. The number of piperidine rings is 1. The quantitative estimate of drug-likeness (QED) is 0.857. The second kappa shape index (κ2) is 5.76. The third kappa shape index (κ3) is 2.82. The lowest BCUT2D eigenvalue weighted by molar-refractivity contribution is -0.144. The zero-order chi connectivity index (χ0) is 14.9. The van der Waals surface area contributed by atoms with E-state index in [0.29, 0.717) is 17.9 Å².